The van der Waals surface area contributed by atoms with Crippen molar-refractivity contribution >= 4 is 12.0 Å². The van der Waals surface area contributed by atoms with Gasteiger partial charge in [-0.15, -0.1) is 6.58 Å². The van der Waals surface area contributed by atoms with E-state index in [0.717, 1.165) is 4.90 Å². The van der Waals surface area contributed by atoms with E-state index in [0.29, 0.717) is 0 Å². The highest BCUT2D eigenvalue weighted by atomic mass is 16.4. The average Bonchev–Trinajstić information content (AvgIpc) is 2.15. The second-order valence-electron chi connectivity index (χ2n) is 3.90. The highest BCUT2D eigenvalue weighted by molar-refractivity contribution is 5.85. The molecule has 0 heterocycles. The van der Waals surface area contributed by atoms with Crippen LogP contribution in [0.1, 0.15) is 20.8 Å². The highest BCUT2D eigenvalue weighted by Crippen LogP contribution is 2.12. The maximum absolute atomic E-state index is 11.6. The van der Waals surface area contributed by atoms with Gasteiger partial charge in [0.15, 0.2) is 0 Å². The standard InChI is InChI=1S/C10H18N2O3/c1-6-7(2)11-9(15)12(5)10(3,4)8(13)14/h6-7H,1H2,2-5H3,(H,11,15)(H,13,14). The Morgan fingerprint density at radius 1 is 1.53 bits per heavy atom. The molecule has 0 aromatic rings. The molecule has 0 saturated carbocycles. The van der Waals surface area contributed by atoms with Gasteiger partial charge in [-0.2, -0.15) is 0 Å². The fraction of sp³-hybridized carbons (Fsp3) is 0.600. The lowest BCUT2D eigenvalue weighted by molar-refractivity contribution is -0.146. The van der Waals surface area contributed by atoms with Crippen LogP contribution in [0.2, 0.25) is 0 Å². The number of carboxylic acid groups (broad SMARTS) is 1. The van der Waals surface area contributed by atoms with Gasteiger partial charge in [0.2, 0.25) is 0 Å². The molecule has 86 valence electrons. The summed E-state index contributed by atoms with van der Waals surface area (Å²) in [4.78, 5) is 23.6. The van der Waals surface area contributed by atoms with Crippen LogP contribution in [0.3, 0.4) is 0 Å². The summed E-state index contributed by atoms with van der Waals surface area (Å²) in [6.45, 7) is 8.21. The van der Waals surface area contributed by atoms with Crippen molar-refractivity contribution in [1.82, 2.24) is 10.2 Å². The van der Waals surface area contributed by atoms with E-state index in [2.05, 4.69) is 11.9 Å². The number of aliphatic carboxylic acids is 1. The van der Waals surface area contributed by atoms with Gasteiger partial charge in [0, 0.05) is 13.1 Å². The van der Waals surface area contributed by atoms with Crippen LogP contribution >= 0.6 is 0 Å². The van der Waals surface area contributed by atoms with Gasteiger partial charge in [-0.3, -0.25) is 0 Å². The lowest BCUT2D eigenvalue weighted by Gasteiger charge is -2.32. The zero-order valence-electron chi connectivity index (χ0n) is 9.57. The second-order valence-corrected chi connectivity index (χ2v) is 3.90. The van der Waals surface area contributed by atoms with E-state index in [9.17, 15) is 9.59 Å². The van der Waals surface area contributed by atoms with Crippen LogP contribution in [0, 0.1) is 0 Å². The molecule has 0 radical (unpaired) electrons. The van der Waals surface area contributed by atoms with Crippen molar-refractivity contribution in [3.8, 4) is 0 Å². The molecule has 0 aliphatic heterocycles. The van der Waals surface area contributed by atoms with Gasteiger partial charge in [-0.05, 0) is 20.8 Å². The number of carbonyl (C=O) groups excluding carboxylic acids is 1. The fourth-order valence-corrected chi connectivity index (χ4v) is 0.748. The Morgan fingerprint density at radius 3 is 2.33 bits per heavy atom. The Hall–Kier alpha value is -1.52. The molecule has 0 bridgehead atoms. The molecule has 0 aromatic carbocycles. The van der Waals surface area contributed by atoms with E-state index in [-0.39, 0.29) is 6.04 Å². The summed E-state index contributed by atoms with van der Waals surface area (Å²) >= 11 is 0. The molecule has 0 aliphatic rings. The van der Waals surface area contributed by atoms with Crippen molar-refractivity contribution < 1.29 is 14.7 Å². The van der Waals surface area contributed by atoms with Crippen molar-refractivity contribution in [2.75, 3.05) is 7.05 Å². The van der Waals surface area contributed by atoms with E-state index in [1.807, 2.05) is 0 Å². The zero-order chi connectivity index (χ0) is 12.2. The number of hydrogen-bond donors (Lipinski definition) is 2. The van der Waals surface area contributed by atoms with Crippen molar-refractivity contribution in [3.63, 3.8) is 0 Å². The van der Waals surface area contributed by atoms with Crippen LogP contribution in [-0.2, 0) is 4.79 Å². The van der Waals surface area contributed by atoms with Crippen LogP contribution in [0.25, 0.3) is 0 Å². The Bertz CT molecular complexity index is 274. The largest absolute Gasteiger partial charge is 0.480 e. The molecule has 1 unspecified atom stereocenters. The molecule has 5 nitrogen and oxygen atoms in total. The second kappa shape index (κ2) is 4.82. The molecule has 2 N–H and O–H groups in total. The van der Waals surface area contributed by atoms with E-state index < -0.39 is 17.5 Å². The summed E-state index contributed by atoms with van der Waals surface area (Å²) in [5, 5.41) is 11.5. The first kappa shape index (κ1) is 13.5. The monoisotopic (exact) mass is 214 g/mol. The van der Waals surface area contributed by atoms with E-state index in [1.165, 1.54) is 20.9 Å². The SMILES string of the molecule is C=CC(C)NC(=O)N(C)C(C)(C)C(=O)O. The van der Waals surface area contributed by atoms with Crippen LogP contribution < -0.4 is 5.32 Å². The summed E-state index contributed by atoms with van der Waals surface area (Å²) in [6.07, 6.45) is 1.57. The lowest BCUT2D eigenvalue weighted by atomic mass is 10.1. The van der Waals surface area contributed by atoms with E-state index in [4.69, 9.17) is 5.11 Å². The van der Waals surface area contributed by atoms with Crippen molar-refractivity contribution in [2.45, 2.75) is 32.4 Å². The normalized spacial score (nSPS) is 12.8. The molecular weight excluding hydrogens is 196 g/mol. The Labute approximate surface area is 89.8 Å². The van der Waals surface area contributed by atoms with Gasteiger partial charge in [-0.25, -0.2) is 9.59 Å². The summed E-state index contributed by atoms with van der Waals surface area (Å²) in [5.74, 6) is -1.05. The van der Waals surface area contributed by atoms with Crippen molar-refractivity contribution in [3.05, 3.63) is 12.7 Å². The quantitative estimate of drug-likeness (QED) is 0.688. The summed E-state index contributed by atoms with van der Waals surface area (Å²) in [5.41, 5.74) is -1.23. The maximum atomic E-state index is 11.6. The Morgan fingerprint density at radius 2 is 2.00 bits per heavy atom. The number of urea groups is 1. The van der Waals surface area contributed by atoms with E-state index in [1.54, 1.807) is 13.0 Å². The fourth-order valence-electron chi connectivity index (χ4n) is 0.748. The first-order valence-corrected chi connectivity index (χ1v) is 4.63. The molecule has 0 rings (SSSR count). The first-order chi connectivity index (χ1) is 6.73. The number of amides is 2. The number of nitrogens with one attached hydrogen (secondary N) is 1. The molecule has 1 atom stereocenters. The molecule has 0 saturated heterocycles. The molecule has 0 fully saturated rings. The van der Waals surface area contributed by atoms with Crippen molar-refractivity contribution in [1.29, 1.82) is 0 Å². The predicted molar refractivity (Wildman–Crippen MR) is 57.7 cm³/mol. The summed E-state index contributed by atoms with van der Waals surface area (Å²) in [6, 6.07) is -0.626. The van der Waals surface area contributed by atoms with Gasteiger partial charge in [-0.1, -0.05) is 6.08 Å². The van der Waals surface area contributed by atoms with Gasteiger partial charge in [0.1, 0.15) is 5.54 Å². The van der Waals surface area contributed by atoms with Crippen LogP contribution in [0.15, 0.2) is 12.7 Å². The van der Waals surface area contributed by atoms with Gasteiger partial charge in [0.25, 0.3) is 0 Å². The Balaban J connectivity index is 4.57. The van der Waals surface area contributed by atoms with Gasteiger partial charge >= 0.3 is 12.0 Å². The minimum absolute atomic E-state index is 0.190. The summed E-state index contributed by atoms with van der Waals surface area (Å²) in [7, 11) is 1.44. The molecule has 15 heavy (non-hydrogen) atoms. The highest BCUT2D eigenvalue weighted by Gasteiger charge is 2.35. The van der Waals surface area contributed by atoms with E-state index >= 15 is 0 Å². The first-order valence-electron chi connectivity index (χ1n) is 4.63. The smallest absolute Gasteiger partial charge is 0.329 e. The molecule has 0 aromatic heterocycles. The maximum Gasteiger partial charge on any atom is 0.329 e. The molecular formula is C10H18N2O3. The minimum Gasteiger partial charge on any atom is -0.480 e. The molecule has 0 spiro atoms. The van der Waals surface area contributed by atoms with Gasteiger partial charge < -0.3 is 15.3 Å². The number of rotatable bonds is 4. The van der Waals surface area contributed by atoms with Crippen LogP contribution in [0.5, 0.6) is 0 Å². The minimum atomic E-state index is -1.23. The third-order valence-corrected chi connectivity index (χ3v) is 2.37. The third kappa shape index (κ3) is 3.27. The lowest BCUT2D eigenvalue weighted by Crippen LogP contribution is -2.55. The Kier molecular flexibility index (Phi) is 4.33. The molecule has 2 amide bonds. The van der Waals surface area contributed by atoms with Crippen LogP contribution in [0.4, 0.5) is 4.79 Å². The molecule has 5 heteroatoms. The topological polar surface area (TPSA) is 69.6 Å². The van der Waals surface area contributed by atoms with Crippen molar-refractivity contribution in [2.24, 2.45) is 0 Å². The number of likely N-dealkylation sites (N-methyl/N-ethyl adjacent to an activating group) is 1. The average molecular weight is 214 g/mol. The number of carbonyl (C=O) groups is 2. The van der Waals surface area contributed by atoms with Crippen LogP contribution in [-0.4, -0.2) is 40.6 Å². The number of nitrogens with zero attached hydrogens (tertiary/aromatic N) is 1. The number of carboxylic acids is 1. The predicted octanol–water partition coefficient (Wildman–Crippen LogP) is 1.07. The zero-order valence-corrected chi connectivity index (χ0v) is 9.57. The third-order valence-electron chi connectivity index (χ3n) is 2.37. The van der Waals surface area contributed by atoms with Gasteiger partial charge in [0.05, 0.1) is 0 Å². The molecule has 0 aliphatic carbocycles. The number of hydrogen-bond acceptors (Lipinski definition) is 2. The summed E-state index contributed by atoms with van der Waals surface area (Å²) < 4.78 is 0.